The lowest BCUT2D eigenvalue weighted by Gasteiger charge is -2.12. The summed E-state index contributed by atoms with van der Waals surface area (Å²) in [4.78, 5) is 11.8. The largest absolute Gasteiger partial charge is 0.379 e. The van der Waals surface area contributed by atoms with Gasteiger partial charge in [0.1, 0.15) is 0 Å². The molecule has 19 heavy (non-hydrogen) atoms. The molecule has 1 heterocycles. The Morgan fingerprint density at radius 3 is 3.11 bits per heavy atom. The fourth-order valence-corrected chi connectivity index (χ4v) is 2.11. The Morgan fingerprint density at radius 2 is 2.37 bits per heavy atom. The molecule has 5 heteroatoms. The molecular formula is C14H21N3O2. The van der Waals surface area contributed by atoms with Gasteiger partial charge >= 0.3 is 6.03 Å². The van der Waals surface area contributed by atoms with Gasteiger partial charge < -0.3 is 21.1 Å². The van der Waals surface area contributed by atoms with E-state index >= 15 is 0 Å². The summed E-state index contributed by atoms with van der Waals surface area (Å²) in [6.45, 7) is 2.00. The van der Waals surface area contributed by atoms with Gasteiger partial charge in [-0.2, -0.15) is 0 Å². The average molecular weight is 263 g/mol. The molecule has 4 N–H and O–H groups in total. The molecule has 1 aliphatic heterocycles. The predicted molar refractivity (Wildman–Crippen MR) is 75.2 cm³/mol. The number of anilines is 1. The van der Waals surface area contributed by atoms with Gasteiger partial charge in [-0.05, 0) is 43.5 Å². The molecule has 1 aromatic carbocycles. The summed E-state index contributed by atoms with van der Waals surface area (Å²) in [7, 11) is 0. The Hall–Kier alpha value is -1.59. The Labute approximate surface area is 113 Å². The number of carbonyl (C=O) groups excluding carboxylic acids is 1. The monoisotopic (exact) mass is 263 g/mol. The molecule has 104 valence electrons. The van der Waals surface area contributed by atoms with Crippen LogP contribution in [0.25, 0.3) is 0 Å². The maximum absolute atomic E-state index is 11.8. The number of benzene rings is 1. The summed E-state index contributed by atoms with van der Waals surface area (Å²) < 4.78 is 5.22. The van der Waals surface area contributed by atoms with E-state index in [-0.39, 0.29) is 12.1 Å². The van der Waals surface area contributed by atoms with E-state index in [0.717, 1.165) is 31.6 Å². The molecule has 0 aromatic heterocycles. The van der Waals surface area contributed by atoms with Crippen LogP contribution in [0.1, 0.15) is 18.4 Å². The fourth-order valence-electron chi connectivity index (χ4n) is 2.11. The standard InChI is InChI=1S/C14H21N3O2/c15-7-2-4-11-3-1-5-12(9-11)16-14(18)17-13-6-8-19-10-13/h1,3,5,9,13H,2,4,6-8,10,15H2,(H2,16,17,18). The molecule has 0 saturated carbocycles. The molecule has 5 nitrogen and oxygen atoms in total. The van der Waals surface area contributed by atoms with E-state index in [9.17, 15) is 4.79 Å². The van der Waals surface area contributed by atoms with E-state index in [2.05, 4.69) is 10.6 Å². The molecule has 1 aromatic rings. The van der Waals surface area contributed by atoms with Crippen LogP contribution < -0.4 is 16.4 Å². The minimum atomic E-state index is -0.175. The summed E-state index contributed by atoms with van der Waals surface area (Å²) in [6.07, 6.45) is 2.77. The van der Waals surface area contributed by atoms with Crippen molar-refractivity contribution >= 4 is 11.7 Å². The summed E-state index contributed by atoms with van der Waals surface area (Å²) in [5.74, 6) is 0. The van der Waals surface area contributed by atoms with Crippen LogP contribution in [0.2, 0.25) is 0 Å². The van der Waals surface area contributed by atoms with E-state index in [1.54, 1.807) is 0 Å². The van der Waals surface area contributed by atoms with Crippen molar-refractivity contribution in [2.45, 2.75) is 25.3 Å². The van der Waals surface area contributed by atoms with Crippen LogP contribution in [-0.2, 0) is 11.2 Å². The molecule has 2 amide bonds. The maximum Gasteiger partial charge on any atom is 0.319 e. The second-order valence-corrected chi connectivity index (χ2v) is 4.75. The first-order valence-electron chi connectivity index (χ1n) is 6.72. The van der Waals surface area contributed by atoms with Crippen LogP contribution in [0.4, 0.5) is 10.5 Å². The summed E-state index contributed by atoms with van der Waals surface area (Å²) >= 11 is 0. The molecule has 1 aliphatic rings. The van der Waals surface area contributed by atoms with E-state index in [0.29, 0.717) is 13.2 Å². The molecule has 1 unspecified atom stereocenters. The Balaban J connectivity index is 1.85. The zero-order chi connectivity index (χ0) is 13.5. The van der Waals surface area contributed by atoms with Gasteiger partial charge in [0.2, 0.25) is 0 Å². The molecule has 0 bridgehead atoms. The second-order valence-electron chi connectivity index (χ2n) is 4.75. The molecule has 0 aliphatic carbocycles. The van der Waals surface area contributed by atoms with Crippen LogP contribution in [-0.4, -0.2) is 31.8 Å². The maximum atomic E-state index is 11.8. The lowest BCUT2D eigenvalue weighted by atomic mass is 10.1. The van der Waals surface area contributed by atoms with E-state index in [1.807, 2.05) is 24.3 Å². The van der Waals surface area contributed by atoms with Gasteiger partial charge in [0.25, 0.3) is 0 Å². The normalized spacial score (nSPS) is 18.3. The SMILES string of the molecule is NCCCc1cccc(NC(=O)NC2CCOC2)c1. The highest BCUT2D eigenvalue weighted by Gasteiger charge is 2.17. The van der Waals surface area contributed by atoms with E-state index in [4.69, 9.17) is 10.5 Å². The fraction of sp³-hybridized carbons (Fsp3) is 0.500. The zero-order valence-corrected chi connectivity index (χ0v) is 11.0. The number of hydrogen-bond acceptors (Lipinski definition) is 3. The summed E-state index contributed by atoms with van der Waals surface area (Å²) in [5.41, 5.74) is 7.49. The number of hydrogen-bond donors (Lipinski definition) is 3. The lowest BCUT2D eigenvalue weighted by Crippen LogP contribution is -2.38. The third-order valence-corrected chi connectivity index (χ3v) is 3.12. The quantitative estimate of drug-likeness (QED) is 0.753. The van der Waals surface area contributed by atoms with Crippen molar-refractivity contribution < 1.29 is 9.53 Å². The van der Waals surface area contributed by atoms with Crippen molar-refractivity contribution in [1.29, 1.82) is 0 Å². The van der Waals surface area contributed by atoms with Crippen LogP contribution in [0.5, 0.6) is 0 Å². The van der Waals surface area contributed by atoms with E-state index in [1.165, 1.54) is 5.56 Å². The number of nitrogens with one attached hydrogen (secondary N) is 2. The smallest absolute Gasteiger partial charge is 0.319 e. The Kier molecular flexibility index (Phi) is 5.18. The first-order valence-corrected chi connectivity index (χ1v) is 6.72. The van der Waals surface area contributed by atoms with Gasteiger partial charge in [-0.1, -0.05) is 12.1 Å². The van der Waals surface area contributed by atoms with Crippen molar-refractivity contribution in [3.05, 3.63) is 29.8 Å². The van der Waals surface area contributed by atoms with Gasteiger partial charge in [0, 0.05) is 12.3 Å². The molecular weight excluding hydrogens is 242 g/mol. The first-order chi connectivity index (χ1) is 9.28. The summed E-state index contributed by atoms with van der Waals surface area (Å²) in [6, 6.07) is 7.81. The zero-order valence-electron chi connectivity index (χ0n) is 11.0. The third-order valence-electron chi connectivity index (χ3n) is 3.12. The van der Waals surface area contributed by atoms with Crippen molar-refractivity contribution in [1.82, 2.24) is 5.32 Å². The number of carbonyl (C=O) groups is 1. The number of urea groups is 1. The molecule has 0 radical (unpaired) electrons. The van der Waals surface area contributed by atoms with Gasteiger partial charge in [0.15, 0.2) is 0 Å². The highest BCUT2D eigenvalue weighted by atomic mass is 16.5. The van der Waals surface area contributed by atoms with Crippen LogP contribution in [0, 0.1) is 0 Å². The minimum Gasteiger partial charge on any atom is -0.379 e. The lowest BCUT2D eigenvalue weighted by molar-refractivity contribution is 0.189. The summed E-state index contributed by atoms with van der Waals surface area (Å²) in [5, 5.41) is 5.74. The van der Waals surface area contributed by atoms with E-state index < -0.39 is 0 Å². The van der Waals surface area contributed by atoms with Crippen LogP contribution in [0.3, 0.4) is 0 Å². The first kappa shape index (κ1) is 13.8. The second kappa shape index (κ2) is 7.11. The van der Waals surface area contributed by atoms with Crippen LogP contribution >= 0.6 is 0 Å². The number of amides is 2. The average Bonchev–Trinajstić information content (AvgIpc) is 2.89. The Bertz CT molecular complexity index is 417. The highest BCUT2D eigenvalue weighted by molar-refractivity contribution is 5.89. The van der Waals surface area contributed by atoms with Crippen LogP contribution in [0.15, 0.2) is 24.3 Å². The molecule has 1 fully saturated rings. The Morgan fingerprint density at radius 1 is 1.47 bits per heavy atom. The van der Waals surface area contributed by atoms with Crippen molar-refractivity contribution in [2.24, 2.45) is 5.73 Å². The van der Waals surface area contributed by atoms with Crippen molar-refractivity contribution in [2.75, 3.05) is 25.1 Å². The van der Waals surface area contributed by atoms with Gasteiger partial charge in [0.05, 0.1) is 12.6 Å². The number of rotatable bonds is 5. The molecule has 1 atom stereocenters. The number of ether oxygens (including phenoxy) is 1. The predicted octanol–water partition coefficient (Wildman–Crippen LogP) is 1.49. The molecule has 2 rings (SSSR count). The topological polar surface area (TPSA) is 76.4 Å². The van der Waals surface area contributed by atoms with Crippen molar-refractivity contribution in [3.63, 3.8) is 0 Å². The highest BCUT2D eigenvalue weighted by Crippen LogP contribution is 2.12. The molecule has 0 spiro atoms. The minimum absolute atomic E-state index is 0.125. The molecule has 1 saturated heterocycles. The number of aryl methyl sites for hydroxylation is 1. The number of nitrogens with two attached hydrogens (primary N) is 1. The van der Waals surface area contributed by atoms with Gasteiger partial charge in [-0.3, -0.25) is 0 Å². The van der Waals surface area contributed by atoms with Crippen molar-refractivity contribution in [3.8, 4) is 0 Å². The third kappa shape index (κ3) is 4.54. The van der Waals surface area contributed by atoms with Gasteiger partial charge in [-0.15, -0.1) is 0 Å². The van der Waals surface area contributed by atoms with Gasteiger partial charge in [-0.25, -0.2) is 4.79 Å².